The molecule has 1 aromatic heterocycles. The Kier molecular flexibility index (Phi) is 2.61. The van der Waals surface area contributed by atoms with E-state index in [1.165, 1.54) is 38.3 Å². The Morgan fingerprint density at radius 2 is 1.83 bits per heavy atom. The summed E-state index contributed by atoms with van der Waals surface area (Å²) in [7, 11) is 0. The summed E-state index contributed by atoms with van der Waals surface area (Å²) < 4.78 is 0. The molecule has 0 spiro atoms. The highest BCUT2D eigenvalue weighted by Gasteiger charge is 2.40. The second-order valence-corrected chi connectivity index (χ2v) is 7.85. The van der Waals surface area contributed by atoms with Crippen molar-refractivity contribution in [3.8, 4) is 22.4 Å². The van der Waals surface area contributed by atoms with Crippen LogP contribution in [-0.4, -0.2) is 4.98 Å². The number of pyridine rings is 1. The number of hydrogen-bond donors (Lipinski definition) is 0. The van der Waals surface area contributed by atoms with Gasteiger partial charge in [-0.2, -0.15) is 0 Å². The zero-order chi connectivity index (χ0) is 15.6. The first-order valence-electron chi connectivity index (χ1n) is 8.02. The smallest absolute Gasteiger partial charge is 0.0746 e. The van der Waals surface area contributed by atoms with Gasteiger partial charge in [-0.05, 0) is 34.4 Å². The van der Waals surface area contributed by atoms with Crippen LogP contribution < -0.4 is 0 Å². The third-order valence-corrected chi connectivity index (χ3v) is 6.30. The summed E-state index contributed by atoms with van der Waals surface area (Å²) in [6.45, 7) is 4.67. The van der Waals surface area contributed by atoms with Crippen molar-refractivity contribution in [2.24, 2.45) is 0 Å². The van der Waals surface area contributed by atoms with Gasteiger partial charge >= 0.3 is 0 Å². The number of rotatable bonds is 0. The van der Waals surface area contributed by atoms with Crippen LogP contribution in [0.3, 0.4) is 0 Å². The minimum Gasteiger partial charge on any atom is -0.256 e. The van der Waals surface area contributed by atoms with Crippen molar-refractivity contribution in [3.63, 3.8) is 0 Å². The number of benzene rings is 2. The van der Waals surface area contributed by atoms with Crippen LogP contribution in [-0.2, 0) is 11.2 Å². The third kappa shape index (κ3) is 1.67. The summed E-state index contributed by atoms with van der Waals surface area (Å²) in [5, 5.41) is 0. The quantitative estimate of drug-likeness (QED) is 0.531. The maximum atomic E-state index is 4.69. The maximum absolute atomic E-state index is 4.69. The molecule has 23 heavy (non-hydrogen) atoms. The van der Waals surface area contributed by atoms with Gasteiger partial charge in [0, 0.05) is 33.4 Å². The fourth-order valence-electron chi connectivity index (χ4n) is 4.12. The van der Waals surface area contributed by atoms with Crippen LogP contribution in [0.15, 0.2) is 59.6 Å². The lowest BCUT2D eigenvalue weighted by Gasteiger charge is -2.28. The number of hydrogen-bond acceptors (Lipinski definition) is 2. The molecule has 0 fully saturated rings. The predicted octanol–water partition coefficient (Wildman–Crippen LogP) is 5.66. The van der Waals surface area contributed by atoms with E-state index in [-0.39, 0.29) is 5.41 Å². The van der Waals surface area contributed by atoms with Gasteiger partial charge in [-0.3, -0.25) is 4.98 Å². The van der Waals surface area contributed by atoms with E-state index < -0.39 is 0 Å². The van der Waals surface area contributed by atoms with Gasteiger partial charge in [0.05, 0.1) is 5.69 Å². The number of thioether (sulfide) groups is 1. The standard InChI is InChI=1S/C21H17NS/c1-21(2)16-8-5-11-22-20(16)15-9-10-17-18(19(15)21)14-7-4-3-6-13(14)12-23-17/h3-11H,12H2,1-2H3. The zero-order valence-electron chi connectivity index (χ0n) is 13.3. The van der Waals surface area contributed by atoms with E-state index in [0.717, 1.165) is 11.4 Å². The molecule has 0 bridgehead atoms. The van der Waals surface area contributed by atoms with Crippen molar-refractivity contribution < 1.29 is 0 Å². The molecule has 0 atom stereocenters. The summed E-state index contributed by atoms with van der Waals surface area (Å²) >= 11 is 1.96. The molecule has 1 aliphatic heterocycles. The highest BCUT2D eigenvalue weighted by Crippen LogP contribution is 2.55. The predicted molar refractivity (Wildman–Crippen MR) is 96.8 cm³/mol. The van der Waals surface area contributed by atoms with E-state index in [4.69, 9.17) is 4.98 Å². The molecule has 2 aliphatic rings. The SMILES string of the molecule is CC1(C)c2cccnc2-c2ccc3c(c21)-c1ccccc1CS3. The Bertz CT molecular complexity index is 956. The highest BCUT2D eigenvalue weighted by molar-refractivity contribution is 7.98. The molecule has 0 saturated carbocycles. The lowest BCUT2D eigenvalue weighted by Crippen LogP contribution is -2.17. The first-order valence-corrected chi connectivity index (χ1v) is 9.01. The molecule has 1 nitrogen and oxygen atoms in total. The Hall–Kier alpha value is -2.06. The van der Waals surface area contributed by atoms with Gasteiger partial charge in [-0.15, -0.1) is 11.8 Å². The number of fused-ring (bicyclic) bond motifs is 7. The molecule has 0 saturated heterocycles. The van der Waals surface area contributed by atoms with E-state index in [0.29, 0.717) is 0 Å². The van der Waals surface area contributed by atoms with Crippen molar-refractivity contribution >= 4 is 11.8 Å². The average molecular weight is 315 g/mol. The van der Waals surface area contributed by atoms with Gasteiger partial charge in [0.25, 0.3) is 0 Å². The molecular weight excluding hydrogens is 298 g/mol. The van der Waals surface area contributed by atoms with Gasteiger partial charge in [0.1, 0.15) is 0 Å². The lowest BCUT2D eigenvalue weighted by atomic mass is 9.78. The van der Waals surface area contributed by atoms with Crippen molar-refractivity contribution in [2.45, 2.75) is 29.9 Å². The monoisotopic (exact) mass is 315 g/mol. The Labute approximate surface area is 140 Å². The molecule has 0 amide bonds. The number of nitrogens with zero attached hydrogens (tertiary/aromatic N) is 1. The molecule has 5 rings (SSSR count). The van der Waals surface area contributed by atoms with Gasteiger partial charge in [0.2, 0.25) is 0 Å². The van der Waals surface area contributed by atoms with Crippen molar-refractivity contribution in [2.75, 3.05) is 0 Å². The topological polar surface area (TPSA) is 12.9 Å². The minimum atomic E-state index is -0.00468. The largest absolute Gasteiger partial charge is 0.256 e. The van der Waals surface area contributed by atoms with Crippen molar-refractivity contribution in [3.05, 3.63) is 71.4 Å². The second-order valence-electron chi connectivity index (χ2n) is 6.83. The van der Waals surface area contributed by atoms with Gasteiger partial charge in [0.15, 0.2) is 0 Å². The van der Waals surface area contributed by atoms with Crippen LogP contribution in [0.2, 0.25) is 0 Å². The first-order chi connectivity index (χ1) is 11.2. The van der Waals surface area contributed by atoms with Gasteiger partial charge in [-0.1, -0.05) is 50.2 Å². The normalized spacial score (nSPS) is 16.3. The van der Waals surface area contributed by atoms with Crippen LogP contribution in [0.1, 0.15) is 30.5 Å². The van der Waals surface area contributed by atoms with Crippen molar-refractivity contribution in [1.82, 2.24) is 4.98 Å². The number of aromatic nitrogens is 1. The fraction of sp³-hybridized carbons (Fsp3) is 0.190. The molecule has 0 unspecified atom stereocenters. The molecule has 2 heteroatoms. The van der Waals surface area contributed by atoms with Crippen LogP contribution in [0, 0.1) is 0 Å². The summed E-state index contributed by atoms with van der Waals surface area (Å²) in [5.74, 6) is 1.06. The summed E-state index contributed by atoms with van der Waals surface area (Å²) in [4.78, 5) is 6.10. The van der Waals surface area contributed by atoms with E-state index in [1.807, 2.05) is 18.0 Å². The Balaban J connectivity index is 1.91. The molecular formula is C21H17NS. The van der Waals surface area contributed by atoms with Gasteiger partial charge < -0.3 is 0 Å². The summed E-state index contributed by atoms with van der Waals surface area (Å²) in [6, 6.07) is 17.7. The molecule has 0 radical (unpaired) electrons. The fourth-order valence-corrected chi connectivity index (χ4v) is 5.21. The van der Waals surface area contributed by atoms with Crippen LogP contribution in [0.25, 0.3) is 22.4 Å². The first kappa shape index (κ1) is 13.4. The van der Waals surface area contributed by atoms with E-state index >= 15 is 0 Å². The van der Waals surface area contributed by atoms with E-state index in [2.05, 4.69) is 62.4 Å². The molecule has 3 aromatic rings. The van der Waals surface area contributed by atoms with E-state index in [9.17, 15) is 0 Å². The molecule has 0 N–H and O–H groups in total. The highest BCUT2D eigenvalue weighted by atomic mass is 32.2. The second kappa shape index (κ2) is 4.48. The van der Waals surface area contributed by atoms with Crippen LogP contribution >= 0.6 is 11.8 Å². The Morgan fingerprint density at radius 1 is 0.957 bits per heavy atom. The lowest BCUT2D eigenvalue weighted by molar-refractivity contribution is 0.659. The Morgan fingerprint density at radius 3 is 2.74 bits per heavy atom. The van der Waals surface area contributed by atoms with Crippen LogP contribution in [0.5, 0.6) is 0 Å². The third-order valence-electron chi connectivity index (χ3n) is 5.20. The average Bonchev–Trinajstić information content (AvgIpc) is 2.83. The maximum Gasteiger partial charge on any atom is 0.0746 e. The minimum absolute atomic E-state index is 0.00468. The molecule has 2 heterocycles. The zero-order valence-corrected chi connectivity index (χ0v) is 14.1. The molecule has 2 aromatic carbocycles. The van der Waals surface area contributed by atoms with Crippen LogP contribution in [0.4, 0.5) is 0 Å². The summed E-state index contributed by atoms with van der Waals surface area (Å²) in [5.41, 5.74) is 9.52. The van der Waals surface area contributed by atoms with Crippen molar-refractivity contribution in [1.29, 1.82) is 0 Å². The van der Waals surface area contributed by atoms with Gasteiger partial charge in [-0.25, -0.2) is 0 Å². The molecule has 1 aliphatic carbocycles. The van der Waals surface area contributed by atoms with E-state index in [1.54, 1.807) is 0 Å². The summed E-state index contributed by atoms with van der Waals surface area (Å²) in [6.07, 6.45) is 1.91. The molecule has 112 valence electrons.